The fourth-order valence-electron chi connectivity index (χ4n) is 1.19. The summed E-state index contributed by atoms with van der Waals surface area (Å²) >= 11 is 0. The largest absolute Gasteiger partial charge is 0.479 e. The highest BCUT2D eigenvalue weighted by molar-refractivity contribution is 5.72. The number of unbranched alkanes of at least 4 members (excludes halogenated alkanes) is 2. The van der Waals surface area contributed by atoms with E-state index in [9.17, 15) is 4.79 Å². The average molecular weight is 203 g/mol. The number of aliphatic carboxylic acids is 1. The molecule has 0 aromatic rings. The number of carboxylic acids is 1. The molecule has 0 heterocycles. The quantitative estimate of drug-likeness (QED) is 0.555. The summed E-state index contributed by atoms with van der Waals surface area (Å²) in [6, 6.07) is 0. The number of hydrogen-bond acceptors (Lipinski definition) is 3. The van der Waals surface area contributed by atoms with Crippen LogP contribution in [-0.2, 0) is 9.53 Å². The van der Waals surface area contributed by atoms with Gasteiger partial charge in [0.1, 0.15) is 0 Å². The van der Waals surface area contributed by atoms with Crippen LogP contribution in [-0.4, -0.2) is 30.3 Å². The van der Waals surface area contributed by atoms with Gasteiger partial charge in [0.05, 0.1) is 0 Å². The fourth-order valence-corrected chi connectivity index (χ4v) is 1.19. The highest BCUT2D eigenvalue weighted by atomic mass is 16.5. The lowest BCUT2D eigenvalue weighted by atomic mass is 10.2. The van der Waals surface area contributed by atoms with Gasteiger partial charge in [-0.1, -0.05) is 13.3 Å². The molecule has 3 N–H and O–H groups in total. The fraction of sp³-hybridized carbons (Fsp3) is 0.900. The number of carboxylic acid groups (broad SMARTS) is 1. The van der Waals surface area contributed by atoms with E-state index in [2.05, 4.69) is 0 Å². The van der Waals surface area contributed by atoms with E-state index in [1.54, 1.807) is 0 Å². The van der Waals surface area contributed by atoms with Gasteiger partial charge < -0.3 is 15.6 Å². The van der Waals surface area contributed by atoms with Crippen molar-refractivity contribution >= 4 is 5.97 Å². The van der Waals surface area contributed by atoms with Crippen LogP contribution >= 0.6 is 0 Å². The van der Waals surface area contributed by atoms with E-state index in [0.717, 1.165) is 25.7 Å². The predicted molar refractivity (Wildman–Crippen MR) is 55.2 cm³/mol. The maximum atomic E-state index is 10.7. The summed E-state index contributed by atoms with van der Waals surface area (Å²) in [6.45, 7) is 3.17. The molecule has 0 rings (SSSR count). The Hall–Kier alpha value is -0.610. The number of carbonyl (C=O) groups is 1. The van der Waals surface area contributed by atoms with Gasteiger partial charge in [0, 0.05) is 6.61 Å². The van der Waals surface area contributed by atoms with E-state index >= 15 is 0 Å². The third-order valence-electron chi connectivity index (χ3n) is 1.99. The van der Waals surface area contributed by atoms with Crippen molar-refractivity contribution in [1.29, 1.82) is 0 Å². The molecule has 4 nitrogen and oxygen atoms in total. The number of ether oxygens (including phenoxy) is 1. The summed E-state index contributed by atoms with van der Waals surface area (Å²) in [5, 5.41) is 8.76. The van der Waals surface area contributed by atoms with Gasteiger partial charge in [-0.2, -0.15) is 0 Å². The Kier molecular flexibility index (Phi) is 8.57. The zero-order chi connectivity index (χ0) is 10.8. The smallest absolute Gasteiger partial charge is 0.332 e. The van der Waals surface area contributed by atoms with Crippen LogP contribution in [0.4, 0.5) is 0 Å². The second-order valence-corrected chi connectivity index (χ2v) is 3.34. The lowest BCUT2D eigenvalue weighted by Crippen LogP contribution is -2.24. The molecule has 0 bridgehead atoms. The Morgan fingerprint density at radius 2 is 2.14 bits per heavy atom. The first kappa shape index (κ1) is 13.4. The van der Waals surface area contributed by atoms with E-state index in [-0.39, 0.29) is 0 Å². The minimum atomic E-state index is -0.856. The molecule has 0 aliphatic heterocycles. The van der Waals surface area contributed by atoms with Crippen molar-refractivity contribution in [3.63, 3.8) is 0 Å². The third kappa shape index (κ3) is 6.86. The predicted octanol–water partition coefficient (Wildman–Crippen LogP) is 1.39. The Balaban J connectivity index is 3.46. The van der Waals surface area contributed by atoms with Crippen LogP contribution < -0.4 is 5.73 Å². The lowest BCUT2D eigenvalue weighted by molar-refractivity contribution is -0.150. The van der Waals surface area contributed by atoms with E-state index in [1.165, 1.54) is 0 Å². The Morgan fingerprint density at radius 3 is 2.64 bits per heavy atom. The molecule has 0 saturated heterocycles. The molecule has 4 heteroatoms. The van der Waals surface area contributed by atoms with Gasteiger partial charge in [0.25, 0.3) is 0 Å². The molecule has 0 fully saturated rings. The Labute approximate surface area is 85.4 Å². The summed E-state index contributed by atoms with van der Waals surface area (Å²) in [6.07, 6.45) is 3.68. The topological polar surface area (TPSA) is 72.5 Å². The number of nitrogens with two attached hydrogens (primary N) is 1. The molecular formula is C10H21NO3. The van der Waals surface area contributed by atoms with Gasteiger partial charge >= 0.3 is 5.97 Å². The van der Waals surface area contributed by atoms with Crippen molar-refractivity contribution < 1.29 is 14.6 Å². The lowest BCUT2D eigenvalue weighted by Gasteiger charge is -2.12. The van der Waals surface area contributed by atoms with Gasteiger partial charge in [0.15, 0.2) is 6.10 Å². The highest BCUT2D eigenvalue weighted by Gasteiger charge is 2.15. The normalized spacial score (nSPS) is 12.7. The van der Waals surface area contributed by atoms with Crippen molar-refractivity contribution in [3.8, 4) is 0 Å². The van der Waals surface area contributed by atoms with Crippen LogP contribution in [0, 0.1) is 0 Å². The molecule has 0 aromatic heterocycles. The van der Waals surface area contributed by atoms with E-state index in [4.69, 9.17) is 15.6 Å². The van der Waals surface area contributed by atoms with Crippen molar-refractivity contribution in [2.75, 3.05) is 13.2 Å². The maximum Gasteiger partial charge on any atom is 0.332 e. The standard InChI is InChI=1S/C10H21NO3/c1-2-6-9(10(12)13)14-8-5-3-4-7-11/h9H,2-8,11H2,1H3,(H,12,13). The van der Waals surface area contributed by atoms with E-state index in [1.807, 2.05) is 6.92 Å². The SMILES string of the molecule is CCCC(OCCCCCN)C(=O)O. The molecule has 0 aliphatic carbocycles. The molecule has 1 atom stereocenters. The van der Waals surface area contributed by atoms with Gasteiger partial charge in [-0.15, -0.1) is 0 Å². The molecule has 0 amide bonds. The maximum absolute atomic E-state index is 10.7. The first-order valence-electron chi connectivity index (χ1n) is 5.26. The third-order valence-corrected chi connectivity index (χ3v) is 1.99. The van der Waals surface area contributed by atoms with Crippen LogP contribution in [0.15, 0.2) is 0 Å². The summed E-state index contributed by atoms with van der Waals surface area (Å²) in [7, 11) is 0. The summed E-state index contributed by atoms with van der Waals surface area (Å²) < 4.78 is 5.25. The molecule has 0 radical (unpaired) electrons. The minimum Gasteiger partial charge on any atom is -0.479 e. The van der Waals surface area contributed by atoms with E-state index < -0.39 is 12.1 Å². The molecule has 0 aliphatic rings. The average Bonchev–Trinajstić information content (AvgIpc) is 2.15. The first-order chi connectivity index (χ1) is 6.72. The summed E-state index contributed by atoms with van der Waals surface area (Å²) in [5.74, 6) is -0.856. The van der Waals surface area contributed by atoms with Crippen LogP contribution in [0.25, 0.3) is 0 Å². The molecular weight excluding hydrogens is 182 g/mol. The van der Waals surface area contributed by atoms with Crippen molar-refractivity contribution in [2.24, 2.45) is 5.73 Å². The highest BCUT2D eigenvalue weighted by Crippen LogP contribution is 2.04. The first-order valence-corrected chi connectivity index (χ1v) is 5.26. The van der Waals surface area contributed by atoms with Gasteiger partial charge in [-0.3, -0.25) is 0 Å². The van der Waals surface area contributed by atoms with Crippen molar-refractivity contribution in [2.45, 2.75) is 45.1 Å². The van der Waals surface area contributed by atoms with Crippen LogP contribution in [0.5, 0.6) is 0 Å². The molecule has 14 heavy (non-hydrogen) atoms. The monoisotopic (exact) mass is 203 g/mol. The second kappa shape index (κ2) is 8.97. The zero-order valence-corrected chi connectivity index (χ0v) is 8.87. The zero-order valence-electron chi connectivity index (χ0n) is 8.87. The van der Waals surface area contributed by atoms with Crippen LogP contribution in [0.3, 0.4) is 0 Å². The van der Waals surface area contributed by atoms with E-state index in [0.29, 0.717) is 19.6 Å². The molecule has 0 spiro atoms. The molecule has 1 unspecified atom stereocenters. The number of rotatable bonds is 9. The van der Waals surface area contributed by atoms with Crippen molar-refractivity contribution in [1.82, 2.24) is 0 Å². The Morgan fingerprint density at radius 1 is 1.43 bits per heavy atom. The van der Waals surface area contributed by atoms with Crippen LogP contribution in [0.1, 0.15) is 39.0 Å². The molecule has 0 saturated carbocycles. The Bertz CT molecular complexity index is 150. The molecule has 0 aromatic carbocycles. The summed E-state index contributed by atoms with van der Waals surface area (Å²) in [5.41, 5.74) is 5.33. The second-order valence-electron chi connectivity index (χ2n) is 3.34. The van der Waals surface area contributed by atoms with Gasteiger partial charge in [0.2, 0.25) is 0 Å². The van der Waals surface area contributed by atoms with Crippen molar-refractivity contribution in [3.05, 3.63) is 0 Å². The minimum absolute atomic E-state index is 0.525. The van der Waals surface area contributed by atoms with Gasteiger partial charge in [-0.05, 0) is 32.2 Å². The van der Waals surface area contributed by atoms with Crippen LogP contribution in [0.2, 0.25) is 0 Å². The van der Waals surface area contributed by atoms with Gasteiger partial charge in [-0.25, -0.2) is 4.79 Å². The molecule has 84 valence electrons. The summed E-state index contributed by atoms with van der Waals surface area (Å²) in [4.78, 5) is 10.7. The number of hydrogen-bond donors (Lipinski definition) is 2.